The maximum absolute atomic E-state index is 13.6. The predicted octanol–water partition coefficient (Wildman–Crippen LogP) is 4.98. The molecule has 1 saturated carbocycles. The summed E-state index contributed by atoms with van der Waals surface area (Å²) in [6, 6.07) is 16.7. The van der Waals surface area contributed by atoms with Crippen molar-refractivity contribution in [1.82, 2.24) is 19.4 Å². The van der Waals surface area contributed by atoms with Gasteiger partial charge in [0.2, 0.25) is 0 Å². The third-order valence-corrected chi connectivity index (χ3v) is 7.74. The monoisotopic (exact) mass is 546 g/mol. The van der Waals surface area contributed by atoms with Crippen LogP contribution in [0.25, 0.3) is 11.0 Å². The number of hydrogen-bond acceptors (Lipinski definition) is 5. The summed E-state index contributed by atoms with van der Waals surface area (Å²) in [7, 11) is 1.35. The van der Waals surface area contributed by atoms with Crippen LogP contribution in [0.4, 0.5) is 0 Å². The van der Waals surface area contributed by atoms with Crippen LogP contribution in [-0.2, 0) is 17.8 Å². The fourth-order valence-electron chi connectivity index (χ4n) is 5.45. The third kappa shape index (κ3) is 5.76. The fourth-order valence-corrected chi connectivity index (χ4v) is 5.60. The van der Waals surface area contributed by atoms with E-state index in [2.05, 4.69) is 10.3 Å². The predicted molar refractivity (Wildman–Crippen MR) is 150 cm³/mol. The van der Waals surface area contributed by atoms with Crippen LogP contribution in [-0.4, -0.2) is 39.1 Å². The van der Waals surface area contributed by atoms with Crippen molar-refractivity contribution in [2.45, 2.75) is 51.7 Å². The summed E-state index contributed by atoms with van der Waals surface area (Å²) >= 11 is 6.04. The van der Waals surface area contributed by atoms with Gasteiger partial charge in [-0.25, -0.2) is 9.59 Å². The lowest BCUT2D eigenvalue weighted by Crippen LogP contribution is -2.39. The summed E-state index contributed by atoms with van der Waals surface area (Å²) in [4.78, 5) is 42.6. The van der Waals surface area contributed by atoms with Crippen molar-refractivity contribution in [3.05, 3.63) is 98.7 Å². The van der Waals surface area contributed by atoms with Crippen molar-refractivity contribution in [1.29, 1.82) is 0 Å². The standard InChI is InChI=1S/C30H31ClN4O4/c1-19-25(15-23(31)16-32-19)28(36)33-24-12-10-20(11-13-24)17-34-26-8-3-4-9-27(26)35(30(34)38)18-21-6-5-7-22(14-21)29(37)39-2/h3-9,14-16,20,24H,10-13,17-18H2,1-2H3,(H,33,36)/t20-,24-. The molecule has 8 nitrogen and oxygen atoms in total. The number of halogens is 1. The average Bonchev–Trinajstić information content (AvgIpc) is 3.21. The number of esters is 1. The van der Waals surface area contributed by atoms with Gasteiger partial charge in [0.05, 0.1) is 46.5 Å². The zero-order valence-electron chi connectivity index (χ0n) is 22.0. The Morgan fingerprint density at radius 3 is 2.46 bits per heavy atom. The van der Waals surface area contributed by atoms with Gasteiger partial charge in [0.25, 0.3) is 5.91 Å². The lowest BCUT2D eigenvalue weighted by Gasteiger charge is -2.29. The second-order valence-electron chi connectivity index (χ2n) is 10.1. The molecule has 0 unspecified atom stereocenters. The molecule has 0 atom stereocenters. The summed E-state index contributed by atoms with van der Waals surface area (Å²) in [6.07, 6.45) is 5.04. The molecule has 1 N–H and O–H groups in total. The van der Waals surface area contributed by atoms with Gasteiger partial charge in [-0.1, -0.05) is 35.9 Å². The van der Waals surface area contributed by atoms with Gasteiger partial charge in [-0.2, -0.15) is 0 Å². The minimum absolute atomic E-state index is 0.0703. The lowest BCUT2D eigenvalue weighted by atomic mass is 9.85. The van der Waals surface area contributed by atoms with Crippen molar-refractivity contribution in [3.8, 4) is 0 Å². The first-order chi connectivity index (χ1) is 18.8. The number of methoxy groups -OCH3 is 1. The molecule has 0 saturated heterocycles. The molecule has 0 aliphatic heterocycles. The topological polar surface area (TPSA) is 95.2 Å². The Balaban J connectivity index is 1.29. The molecule has 0 bridgehead atoms. The number of benzene rings is 2. The van der Waals surface area contributed by atoms with E-state index in [1.165, 1.54) is 13.3 Å². The SMILES string of the molecule is COC(=O)c1cccc(Cn2c(=O)n(C[C@H]3CC[C@H](NC(=O)c4cc(Cl)cnc4C)CC3)c3ccccc32)c1. The largest absolute Gasteiger partial charge is 0.465 e. The summed E-state index contributed by atoms with van der Waals surface area (Å²) in [6.45, 7) is 2.77. The van der Waals surface area contributed by atoms with E-state index in [1.54, 1.807) is 35.8 Å². The minimum atomic E-state index is -0.405. The van der Waals surface area contributed by atoms with Crippen LogP contribution in [0.2, 0.25) is 5.02 Å². The van der Waals surface area contributed by atoms with Crippen LogP contribution in [0.3, 0.4) is 0 Å². The summed E-state index contributed by atoms with van der Waals surface area (Å²) in [5.74, 6) is -0.230. The van der Waals surface area contributed by atoms with Gasteiger partial charge in [0, 0.05) is 18.8 Å². The highest BCUT2D eigenvalue weighted by atomic mass is 35.5. The molecule has 1 aliphatic rings. The number of hydrogen-bond donors (Lipinski definition) is 1. The number of rotatable bonds is 7. The quantitative estimate of drug-likeness (QED) is 0.330. The van der Waals surface area contributed by atoms with E-state index >= 15 is 0 Å². The van der Waals surface area contributed by atoms with Gasteiger partial charge in [0.15, 0.2) is 0 Å². The summed E-state index contributed by atoms with van der Waals surface area (Å²) in [5.41, 5.74) is 4.14. The van der Waals surface area contributed by atoms with E-state index in [0.717, 1.165) is 42.3 Å². The number of carbonyl (C=O) groups excluding carboxylic acids is 2. The molecule has 2 aromatic carbocycles. The Labute approximate surface area is 231 Å². The van der Waals surface area contributed by atoms with E-state index in [4.69, 9.17) is 16.3 Å². The Morgan fingerprint density at radius 2 is 1.74 bits per heavy atom. The van der Waals surface area contributed by atoms with Gasteiger partial charge in [-0.05, 0) is 74.4 Å². The van der Waals surface area contributed by atoms with Crippen LogP contribution in [0, 0.1) is 12.8 Å². The molecule has 0 spiro atoms. The first-order valence-corrected chi connectivity index (χ1v) is 13.5. The van der Waals surface area contributed by atoms with Crippen LogP contribution < -0.4 is 11.0 Å². The van der Waals surface area contributed by atoms with Crippen LogP contribution in [0.5, 0.6) is 0 Å². The van der Waals surface area contributed by atoms with Gasteiger partial charge < -0.3 is 10.1 Å². The van der Waals surface area contributed by atoms with Crippen LogP contribution >= 0.6 is 11.6 Å². The Morgan fingerprint density at radius 1 is 1.03 bits per heavy atom. The van der Waals surface area contributed by atoms with Crippen molar-refractivity contribution in [2.75, 3.05) is 7.11 Å². The van der Waals surface area contributed by atoms with E-state index in [1.807, 2.05) is 34.9 Å². The molecule has 5 rings (SSSR count). The van der Waals surface area contributed by atoms with Crippen LogP contribution in [0.15, 0.2) is 65.6 Å². The number of imidazole rings is 1. The zero-order chi connectivity index (χ0) is 27.5. The molecule has 1 aliphatic carbocycles. The molecule has 202 valence electrons. The van der Waals surface area contributed by atoms with Gasteiger partial charge in [-0.3, -0.25) is 18.9 Å². The normalized spacial score (nSPS) is 17.2. The smallest absolute Gasteiger partial charge is 0.337 e. The molecule has 9 heteroatoms. The molecular formula is C30H31ClN4O4. The van der Waals surface area contributed by atoms with E-state index < -0.39 is 5.97 Å². The van der Waals surface area contributed by atoms with Gasteiger partial charge in [-0.15, -0.1) is 0 Å². The molecule has 1 fully saturated rings. The minimum Gasteiger partial charge on any atom is -0.465 e. The van der Waals surface area contributed by atoms with E-state index in [0.29, 0.717) is 40.9 Å². The number of ether oxygens (including phenoxy) is 1. The molecule has 0 radical (unpaired) electrons. The van der Waals surface area contributed by atoms with Gasteiger partial charge >= 0.3 is 11.7 Å². The number of fused-ring (bicyclic) bond motifs is 1. The highest BCUT2D eigenvalue weighted by molar-refractivity contribution is 6.30. The number of carbonyl (C=O) groups is 2. The number of aromatic nitrogens is 3. The number of pyridine rings is 1. The Kier molecular flexibility index (Phi) is 7.84. The first kappa shape index (κ1) is 26.7. The fraction of sp³-hybridized carbons (Fsp3) is 0.333. The first-order valence-electron chi connectivity index (χ1n) is 13.1. The van der Waals surface area contributed by atoms with Gasteiger partial charge in [0.1, 0.15) is 0 Å². The van der Waals surface area contributed by atoms with Crippen molar-refractivity contribution >= 4 is 34.5 Å². The van der Waals surface area contributed by atoms with Crippen molar-refractivity contribution in [2.24, 2.45) is 5.92 Å². The van der Waals surface area contributed by atoms with Crippen molar-refractivity contribution < 1.29 is 14.3 Å². The van der Waals surface area contributed by atoms with Crippen LogP contribution in [0.1, 0.15) is 57.7 Å². The molecular weight excluding hydrogens is 516 g/mol. The molecule has 2 heterocycles. The van der Waals surface area contributed by atoms with E-state index in [9.17, 15) is 14.4 Å². The summed E-state index contributed by atoms with van der Waals surface area (Å²) in [5, 5.41) is 3.57. The average molecular weight is 547 g/mol. The highest BCUT2D eigenvalue weighted by Crippen LogP contribution is 2.27. The molecule has 4 aromatic rings. The second-order valence-corrected chi connectivity index (χ2v) is 10.6. The number of aryl methyl sites for hydroxylation is 1. The zero-order valence-corrected chi connectivity index (χ0v) is 22.8. The number of nitrogens with zero attached hydrogens (tertiary/aromatic N) is 3. The second kappa shape index (κ2) is 11.5. The van der Waals surface area contributed by atoms with E-state index in [-0.39, 0.29) is 17.6 Å². The molecule has 2 aromatic heterocycles. The highest BCUT2D eigenvalue weighted by Gasteiger charge is 2.25. The molecule has 39 heavy (non-hydrogen) atoms. The lowest BCUT2D eigenvalue weighted by molar-refractivity contribution is 0.0600. The number of nitrogens with one attached hydrogen (secondary N) is 1. The number of amides is 1. The number of para-hydroxylation sites is 2. The summed E-state index contributed by atoms with van der Waals surface area (Å²) < 4.78 is 8.47. The maximum atomic E-state index is 13.6. The Hall–Kier alpha value is -3.91. The Bertz CT molecular complexity index is 1580. The maximum Gasteiger partial charge on any atom is 0.337 e. The van der Waals surface area contributed by atoms with Crippen molar-refractivity contribution in [3.63, 3.8) is 0 Å². The molecule has 1 amide bonds. The third-order valence-electron chi connectivity index (χ3n) is 7.53.